The quantitative estimate of drug-likeness (QED) is 0.182. The number of urea groups is 1. The van der Waals surface area contributed by atoms with Crippen molar-refractivity contribution < 1.29 is 27.9 Å². The third-order valence-electron chi connectivity index (χ3n) is 7.07. The molecule has 1 saturated carbocycles. The van der Waals surface area contributed by atoms with Crippen LogP contribution in [0.5, 0.6) is 0 Å². The van der Waals surface area contributed by atoms with Gasteiger partial charge in [-0.25, -0.2) is 9.78 Å². The Morgan fingerprint density at radius 3 is 2.68 bits per heavy atom. The fraction of sp³-hybridized carbons (Fsp3) is 0.400. The molecule has 2 heterocycles. The molecular weight excluding hydrogens is 597 g/mol. The molecule has 3 amide bonds. The number of hydrogen-bond donors (Lipinski definition) is 5. The molecule has 1 aliphatic carbocycles. The predicted octanol–water partition coefficient (Wildman–Crippen LogP) is 4.68. The highest BCUT2D eigenvalue weighted by Gasteiger charge is 2.41. The minimum absolute atomic E-state index is 0.00353. The first-order valence-electron chi connectivity index (χ1n) is 14.3. The smallest absolute Gasteiger partial charge is 0.396 e. The number of aliphatic hydroxyl groups excluding tert-OH is 1. The van der Waals surface area contributed by atoms with E-state index in [0.717, 1.165) is 34.7 Å². The predicted molar refractivity (Wildman–Crippen MR) is 166 cm³/mol. The second kappa shape index (κ2) is 14.2. The number of aliphatic hydroxyl groups is 1. The van der Waals surface area contributed by atoms with Gasteiger partial charge in [-0.3, -0.25) is 14.9 Å². The minimum Gasteiger partial charge on any atom is -0.396 e. The number of carbonyl (C=O) groups excluding carboxylic acids is 2. The van der Waals surface area contributed by atoms with Crippen LogP contribution in [0, 0.1) is 0 Å². The van der Waals surface area contributed by atoms with Crippen LogP contribution in [0.25, 0.3) is 22.0 Å². The number of hydrogen-bond acceptors (Lipinski definition) is 7. The van der Waals surface area contributed by atoms with Gasteiger partial charge in [0.1, 0.15) is 17.1 Å². The Balaban J connectivity index is 1.75. The van der Waals surface area contributed by atoms with E-state index in [-0.39, 0.29) is 35.7 Å². The summed E-state index contributed by atoms with van der Waals surface area (Å²) in [4.78, 5) is 42.7. The average molecular weight is 633 g/mol. The number of nitrogens with two attached hydrogens (primary N) is 1. The number of aromatic nitrogens is 2. The highest BCUT2D eigenvalue weighted by Crippen LogP contribution is 2.53. The molecule has 14 heteroatoms. The summed E-state index contributed by atoms with van der Waals surface area (Å²) in [7, 11) is 0. The summed E-state index contributed by atoms with van der Waals surface area (Å²) in [5.41, 5.74) is 6.43. The summed E-state index contributed by atoms with van der Waals surface area (Å²) in [6.07, 6.45) is 0.219. The molecule has 0 aliphatic heterocycles. The van der Waals surface area contributed by atoms with Crippen LogP contribution >= 0.6 is 11.8 Å². The monoisotopic (exact) mass is 632 g/mol. The molecule has 0 spiro atoms. The first-order valence-corrected chi connectivity index (χ1v) is 15.2. The van der Waals surface area contributed by atoms with Gasteiger partial charge in [-0.2, -0.15) is 13.2 Å². The molecule has 10 nitrogen and oxygen atoms in total. The van der Waals surface area contributed by atoms with Gasteiger partial charge >= 0.3 is 12.2 Å². The van der Waals surface area contributed by atoms with Crippen molar-refractivity contribution in [2.24, 2.45) is 5.73 Å². The van der Waals surface area contributed by atoms with Gasteiger partial charge in [0.2, 0.25) is 5.43 Å². The molecule has 0 saturated heterocycles. The van der Waals surface area contributed by atoms with Crippen LogP contribution in [0.15, 0.2) is 52.6 Å². The van der Waals surface area contributed by atoms with Crippen LogP contribution in [0.2, 0.25) is 0 Å². The Hall–Kier alpha value is -4.04. The summed E-state index contributed by atoms with van der Waals surface area (Å²) in [6, 6.07) is 6.52. The lowest BCUT2D eigenvalue weighted by Crippen LogP contribution is -2.31. The van der Waals surface area contributed by atoms with E-state index in [4.69, 9.17) is 10.8 Å². The van der Waals surface area contributed by atoms with E-state index in [1.54, 1.807) is 31.3 Å². The van der Waals surface area contributed by atoms with Crippen LogP contribution in [-0.2, 0) is 6.54 Å². The van der Waals surface area contributed by atoms with Crippen molar-refractivity contribution >= 4 is 40.4 Å². The van der Waals surface area contributed by atoms with Gasteiger partial charge in [-0.05, 0) is 66.8 Å². The Bertz CT molecular complexity index is 1620. The van der Waals surface area contributed by atoms with Gasteiger partial charge in [0.25, 0.3) is 5.91 Å². The van der Waals surface area contributed by atoms with Crippen LogP contribution in [0.3, 0.4) is 0 Å². The van der Waals surface area contributed by atoms with Crippen LogP contribution < -0.4 is 27.1 Å². The highest BCUT2D eigenvalue weighted by atomic mass is 32.2. The molecular formula is C30H35F3N6O4S. The third-order valence-corrected chi connectivity index (χ3v) is 8.33. The normalized spacial score (nSPS) is 16.5. The summed E-state index contributed by atoms with van der Waals surface area (Å²) in [5.74, 6) is -0.363. The van der Waals surface area contributed by atoms with E-state index in [1.807, 2.05) is 17.6 Å². The minimum atomic E-state index is -4.61. The number of alkyl halides is 3. The number of nitrogens with zero attached hydrogens (tertiary/aromatic N) is 2. The van der Waals surface area contributed by atoms with Gasteiger partial charge in [-0.1, -0.05) is 13.0 Å². The molecule has 4 rings (SSSR count). The Kier molecular flexibility index (Phi) is 10.6. The molecule has 2 aromatic heterocycles. The van der Waals surface area contributed by atoms with E-state index < -0.39 is 29.2 Å². The number of allylic oxidation sites excluding steroid dienone is 1. The lowest BCUT2D eigenvalue weighted by atomic mass is 9.97. The fourth-order valence-corrected chi connectivity index (χ4v) is 5.92. The van der Waals surface area contributed by atoms with Gasteiger partial charge < -0.3 is 26.0 Å². The molecule has 1 aliphatic rings. The van der Waals surface area contributed by atoms with E-state index in [2.05, 4.69) is 20.9 Å². The summed E-state index contributed by atoms with van der Waals surface area (Å²) >= 11 is 1.01. The largest absolute Gasteiger partial charge is 0.431 e. The molecule has 2 unspecified atom stereocenters. The number of aryl methyl sites for hydroxylation is 1. The zero-order chi connectivity index (χ0) is 32.0. The Labute approximate surface area is 256 Å². The number of nitrogens with one attached hydrogen (secondary N) is 3. The van der Waals surface area contributed by atoms with E-state index in [9.17, 15) is 27.6 Å². The average Bonchev–Trinajstić information content (AvgIpc) is 3.76. The summed E-state index contributed by atoms with van der Waals surface area (Å²) in [5, 5.41) is 18.1. The van der Waals surface area contributed by atoms with Crippen molar-refractivity contribution in [3.8, 4) is 11.1 Å². The Morgan fingerprint density at radius 2 is 2.00 bits per heavy atom. The summed E-state index contributed by atoms with van der Waals surface area (Å²) in [6.45, 7) is 4.85. The molecule has 2 atom stereocenters. The second-order valence-corrected chi connectivity index (χ2v) is 11.5. The van der Waals surface area contributed by atoms with E-state index in [0.29, 0.717) is 42.4 Å². The highest BCUT2D eigenvalue weighted by molar-refractivity contribution is 8.03. The van der Waals surface area contributed by atoms with Gasteiger partial charge in [0.05, 0.1) is 5.52 Å². The Morgan fingerprint density at radius 1 is 1.23 bits per heavy atom. The van der Waals surface area contributed by atoms with Crippen molar-refractivity contribution in [2.45, 2.75) is 57.0 Å². The maximum absolute atomic E-state index is 13.4. The standard InChI is InChI=1S/C30H35F3N6O4S/c1-3-9-39-15-22(28(42)36-8-5-10-40)27(41)18-7-6-17(11-23(18)39)21-14-37-26(38-29(43)35-4-2)13-19(21)20-12-24(20)44-16-25(34)30(31,32)33/h6-7,11,13-16,20,24,40H,3-5,8-10,12,34H2,1-2H3,(H,36,42)(H2,35,37,38,43)/b25-16-. The molecule has 0 bridgehead atoms. The van der Waals surface area contributed by atoms with E-state index in [1.165, 1.54) is 6.20 Å². The van der Waals surface area contributed by atoms with Crippen molar-refractivity contribution in [1.29, 1.82) is 0 Å². The maximum atomic E-state index is 13.4. The first-order chi connectivity index (χ1) is 21.0. The number of rotatable bonds is 12. The zero-order valence-corrected chi connectivity index (χ0v) is 25.1. The van der Waals surface area contributed by atoms with Crippen LogP contribution in [0.1, 0.15) is 54.9 Å². The number of carbonyl (C=O) groups is 2. The molecule has 6 N–H and O–H groups in total. The number of amides is 3. The molecule has 0 radical (unpaired) electrons. The molecule has 44 heavy (non-hydrogen) atoms. The molecule has 1 fully saturated rings. The molecule has 1 aromatic carbocycles. The maximum Gasteiger partial charge on any atom is 0.431 e. The number of fused-ring (bicyclic) bond motifs is 1. The van der Waals surface area contributed by atoms with Crippen LogP contribution in [0.4, 0.5) is 23.8 Å². The van der Waals surface area contributed by atoms with Gasteiger partial charge in [0.15, 0.2) is 0 Å². The van der Waals surface area contributed by atoms with E-state index >= 15 is 0 Å². The number of benzene rings is 1. The van der Waals surface area contributed by atoms with Crippen LogP contribution in [-0.4, -0.2) is 57.7 Å². The topological polar surface area (TPSA) is 151 Å². The first kappa shape index (κ1) is 32.9. The lowest BCUT2D eigenvalue weighted by molar-refractivity contribution is -0.0924. The van der Waals surface area contributed by atoms with Crippen molar-refractivity contribution in [3.63, 3.8) is 0 Å². The molecule has 236 valence electrons. The van der Waals surface area contributed by atoms with Gasteiger partial charge in [-0.15, -0.1) is 11.8 Å². The lowest BCUT2D eigenvalue weighted by Gasteiger charge is -2.16. The van der Waals surface area contributed by atoms with Crippen molar-refractivity contribution in [3.05, 3.63) is 69.1 Å². The van der Waals surface area contributed by atoms with Crippen molar-refractivity contribution in [1.82, 2.24) is 20.2 Å². The summed E-state index contributed by atoms with van der Waals surface area (Å²) < 4.78 is 40.6. The SMILES string of the molecule is CCCn1cc(C(=O)NCCCO)c(=O)c2ccc(-c3cnc(NC(=O)NCC)cc3C3CC3S/C=C(\N)C(F)(F)F)cc21. The fourth-order valence-electron chi connectivity index (χ4n) is 4.81. The molecule has 3 aromatic rings. The third kappa shape index (κ3) is 7.72. The second-order valence-electron chi connectivity index (χ2n) is 10.4. The zero-order valence-electron chi connectivity index (χ0n) is 24.3. The number of halogens is 3. The number of thioether (sulfide) groups is 1. The van der Waals surface area contributed by atoms with Gasteiger partial charge in [0, 0.05) is 54.8 Å². The number of pyridine rings is 2. The number of anilines is 1. The van der Waals surface area contributed by atoms with Crippen molar-refractivity contribution in [2.75, 3.05) is 25.0 Å².